The minimum Gasteiger partial charge on any atom is -0.388 e. The molecule has 13 heavy (non-hydrogen) atoms. The van der Waals surface area contributed by atoms with E-state index >= 15 is 0 Å². The predicted octanol–water partition coefficient (Wildman–Crippen LogP) is 2.37. The zero-order chi connectivity index (χ0) is 9.84. The summed E-state index contributed by atoms with van der Waals surface area (Å²) >= 11 is 3.95. The summed E-state index contributed by atoms with van der Waals surface area (Å²) in [6.07, 6.45) is 0. The van der Waals surface area contributed by atoms with Gasteiger partial charge >= 0.3 is 0 Å². The molecular formula is C9H13N3S. The van der Waals surface area contributed by atoms with Gasteiger partial charge in [-0.15, -0.1) is 0 Å². The molecule has 1 aromatic rings. The first-order valence-electron chi connectivity index (χ1n) is 3.96. The molecule has 3 nitrogen and oxygen atoms in total. The lowest BCUT2D eigenvalue weighted by molar-refractivity contribution is 1.42. The Balaban J connectivity index is 3.18. The highest BCUT2D eigenvalue weighted by Gasteiger charge is 2.03. The molecule has 0 amide bonds. The van der Waals surface area contributed by atoms with Crippen LogP contribution in [0.4, 0.5) is 11.4 Å². The summed E-state index contributed by atoms with van der Waals surface area (Å²) in [4.78, 5) is 0. The van der Waals surface area contributed by atoms with Crippen molar-refractivity contribution in [3.05, 3.63) is 23.8 Å². The van der Waals surface area contributed by atoms with Crippen LogP contribution in [0, 0.1) is 5.41 Å². The van der Waals surface area contributed by atoms with E-state index in [0.717, 1.165) is 16.9 Å². The molecule has 1 aromatic carbocycles. The van der Waals surface area contributed by atoms with Gasteiger partial charge in [0.2, 0.25) is 0 Å². The lowest BCUT2D eigenvalue weighted by atomic mass is 10.1. The van der Waals surface area contributed by atoms with E-state index in [-0.39, 0.29) is 0 Å². The Hall–Kier alpha value is -1.16. The van der Waals surface area contributed by atoms with E-state index in [4.69, 9.17) is 5.41 Å². The van der Waals surface area contributed by atoms with Gasteiger partial charge in [0, 0.05) is 29.7 Å². The van der Waals surface area contributed by atoms with Crippen LogP contribution >= 0.6 is 12.8 Å². The van der Waals surface area contributed by atoms with E-state index in [1.165, 1.54) is 0 Å². The van der Waals surface area contributed by atoms with Gasteiger partial charge in [0.25, 0.3) is 0 Å². The predicted molar refractivity (Wildman–Crippen MR) is 61.1 cm³/mol. The summed E-state index contributed by atoms with van der Waals surface area (Å²) in [7, 11) is 1.84. The SMILES string of the molecule is CNc1ccc(NS)cc1C(C)=N. The molecule has 0 radical (unpaired) electrons. The van der Waals surface area contributed by atoms with Crippen molar-refractivity contribution in [2.75, 3.05) is 17.1 Å². The van der Waals surface area contributed by atoms with E-state index in [1.54, 1.807) is 6.92 Å². The maximum absolute atomic E-state index is 7.56. The number of benzene rings is 1. The monoisotopic (exact) mass is 195 g/mol. The molecule has 0 aromatic heterocycles. The van der Waals surface area contributed by atoms with Crippen LogP contribution in [0.5, 0.6) is 0 Å². The van der Waals surface area contributed by atoms with Gasteiger partial charge in [-0.2, -0.15) is 0 Å². The standard InChI is InChI=1S/C9H13N3S/c1-6(10)8-5-7(12-13)3-4-9(8)11-2/h3-5,10-13H,1-2H3. The number of anilines is 2. The summed E-state index contributed by atoms with van der Waals surface area (Å²) in [5, 5.41) is 10.6. The van der Waals surface area contributed by atoms with Crippen molar-refractivity contribution in [3.63, 3.8) is 0 Å². The molecule has 0 spiro atoms. The number of rotatable bonds is 3. The van der Waals surface area contributed by atoms with Gasteiger partial charge in [-0.25, -0.2) is 0 Å². The Morgan fingerprint density at radius 3 is 2.62 bits per heavy atom. The number of hydrogen-bond donors (Lipinski definition) is 4. The second-order valence-electron chi connectivity index (χ2n) is 2.75. The first-order valence-corrected chi connectivity index (χ1v) is 4.41. The molecule has 0 saturated heterocycles. The van der Waals surface area contributed by atoms with Crippen molar-refractivity contribution in [1.29, 1.82) is 5.41 Å². The van der Waals surface area contributed by atoms with E-state index in [2.05, 4.69) is 22.9 Å². The van der Waals surface area contributed by atoms with Crippen LogP contribution in [0.2, 0.25) is 0 Å². The average Bonchev–Trinajstić information content (AvgIpc) is 2.16. The van der Waals surface area contributed by atoms with Gasteiger partial charge < -0.3 is 15.4 Å². The topological polar surface area (TPSA) is 47.9 Å². The highest BCUT2D eigenvalue weighted by Crippen LogP contribution is 2.20. The van der Waals surface area contributed by atoms with Gasteiger partial charge in [0.1, 0.15) is 0 Å². The molecule has 3 N–H and O–H groups in total. The molecule has 0 bridgehead atoms. The lowest BCUT2D eigenvalue weighted by Gasteiger charge is -2.09. The Bertz CT molecular complexity index is 323. The molecule has 0 atom stereocenters. The van der Waals surface area contributed by atoms with Gasteiger partial charge in [-0.05, 0) is 25.1 Å². The molecule has 70 valence electrons. The molecular weight excluding hydrogens is 182 g/mol. The van der Waals surface area contributed by atoms with Crippen LogP contribution in [0.25, 0.3) is 0 Å². The largest absolute Gasteiger partial charge is 0.388 e. The van der Waals surface area contributed by atoms with Crippen LogP contribution in [0.15, 0.2) is 18.2 Å². The Kier molecular flexibility index (Phi) is 3.19. The smallest absolute Gasteiger partial charge is 0.0446 e. The van der Waals surface area contributed by atoms with Crippen molar-refractivity contribution < 1.29 is 0 Å². The molecule has 0 unspecified atom stereocenters. The second-order valence-corrected chi connectivity index (χ2v) is 2.97. The molecule has 0 saturated carbocycles. The van der Waals surface area contributed by atoms with Crippen molar-refractivity contribution in [2.45, 2.75) is 6.92 Å². The molecule has 0 fully saturated rings. The minimum absolute atomic E-state index is 0.537. The Labute approximate surface area is 83.6 Å². The van der Waals surface area contributed by atoms with E-state index in [9.17, 15) is 0 Å². The number of nitrogens with one attached hydrogen (secondary N) is 3. The molecule has 0 aliphatic rings. The second kappa shape index (κ2) is 4.18. The fraction of sp³-hybridized carbons (Fsp3) is 0.222. The molecule has 4 heteroatoms. The van der Waals surface area contributed by atoms with Crippen molar-refractivity contribution in [3.8, 4) is 0 Å². The Morgan fingerprint density at radius 2 is 2.15 bits per heavy atom. The van der Waals surface area contributed by atoms with E-state index in [1.807, 2.05) is 25.2 Å². The summed E-state index contributed by atoms with van der Waals surface area (Å²) in [5.41, 5.74) is 3.28. The summed E-state index contributed by atoms with van der Waals surface area (Å²) in [6.45, 7) is 1.76. The normalized spacial score (nSPS) is 9.46. The minimum atomic E-state index is 0.537. The van der Waals surface area contributed by atoms with Crippen LogP contribution in [0.1, 0.15) is 12.5 Å². The fourth-order valence-corrected chi connectivity index (χ4v) is 1.28. The Morgan fingerprint density at radius 1 is 1.46 bits per heavy atom. The van der Waals surface area contributed by atoms with Crippen molar-refractivity contribution in [1.82, 2.24) is 0 Å². The highest BCUT2D eigenvalue weighted by molar-refractivity contribution is 7.81. The first kappa shape index (κ1) is 9.92. The van der Waals surface area contributed by atoms with Gasteiger partial charge in [0.15, 0.2) is 0 Å². The fourth-order valence-electron chi connectivity index (χ4n) is 1.14. The molecule has 1 rings (SSSR count). The quantitative estimate of drug-likeness (QED) is 0.442. The third-order valence-corrected chi connectivity index (χ3v) is 2.08. The van der Waals surface area contributed by atoms with E-state index < -0.39 is 0 Å². The van der Waals surface area contributed by atoms with Crippen LogP contribution in [0.3, 0.4) is 0 Å². The third kappa shape index (κ3) is 2.15. The number of hydrogen-bond acceptors (Lipinski definition) is 4. The maximum Gasteiger partial charge on any atom is 0.0446 e. The molecule has 0 aliphatic carbocycles. The summed E-state index contributed by atoms with van der Waals surface area (Å²) < 4.78 is 2.74. The van der Waals surface area contributed by atoms with Gasteiger partial charge in [-0.3, -0.25) is 0 Å². The summed E-state index contributed by atoms with van der Waals surface area (Å²) in [5.74, 6) is 0. The maximum atomic E-state index is 7.56. The van der Waals surface area contributed by atoms with Crippen molar-refractivity contribution >= 4 is 29.9 Å². The zero-order valence-corrected chi connectivity index (χ0v) is 8.57. The highest BCUT2D eigenvalue weighted by atomic mass is 32.1. The molecule has 0 aliphatic heterocycles. The lowest BCUT2D eigenvalue weighted by Crippen LogP contribution is -2.00. The summed E-state index contributed by atoms with van der Waals surface area (Å²) in [6, 6.07) is 5.72. The number of thiol groups is 1. The molecule has 0 heterocycles. The van der Waals surface area contributed by atoms with Gasteiger partial charge in [-0.1, -0.05) is 12.8 Å². The van der Waals surface area contributed by atoms with Crippen LogP contribution in [-0.4, -0.2) is 12.8 Å². The van der Waals surface area contributed by atoms with E-state index in [0.29, 0.717) is 5.71 Å². The van der Waals surface area contributed by atoms with Crippen LogP contribution in [-0.2, 0) is 0 Å². The first-order chi connectivity index (χ1) is 6.19. The average molecular weight is 195 g/mol. The zero-order valence-electron chi connectivity index (χ0n) is 7.68. The van der Waals surface area contributed by atoms with Gasteiger partial charge in [0.05, 0.1) is 0 Å². The third-order valence-electron chi connectivity index (χ3n) is 1.82. The van der Waals surface area contributed by atoms with Crippen LogP contribution < -0.4 is 10.0 Å². The van der Waals surface area contributed by atoms with Crippen molar-refractivity contribution in [2.24, 2.45) is 0 Å².